The van der Waals surface area contributed by atoms with Crippen LogP contribution in [0.3, 0.4) is 0 Å². The number of hydrogen-bond acceptors (Lipinski definition) is 2. The van der Waals surface area contributed by atoms with Gasteiger partial charge in [0.05, 0.1) is 6.07 Å². The summed E-state index contributed by atoms with van der Waals surface area (Å²) in [4.78, 5) is 11.6. The predicted octanol–water partition coefficient (Wildman–Crippen LogP) is 1.84. The van der Waals surface area contributed by atoms with Crippen molar-refractivity contribution in [3.05, 3.63) is 0 Å². The summed E-state index contributed by atoms with van der Waals surface area (Å²) >= 11 is 0. The molecule has 0 saturated heterocycles. The number of hydrogen-bond donors (Lipinski definition) is 1. The van der Waals surface area contributed by atoms with E-state index < -0.39 is 5.92 Å². The van der Waals surface area contributed by atoms with Crippen molar-refractivity contribution in [3.63, 3.8) is 0 Å². The zero-order valence-corrected chi connectivity index (χ0v) is 8.92. The summed E-state index contributed by atoms with van der Waals surface area (Å²) in [5.41, 5.74) is 0. The van der Waals surface area contributed by atoms with Crippen LogP contribution in [0.25, 0.3) is 0 Å². The van der Waals surface area contributed by atoms with E-state index in [1.807, 2.05) is 13.8 Å². The largest absolute Gasteiger partial charge is 0.352 e. The number of carbonyl (C=O) groups is 1. The van der Waals surface area contributed by atoms with E-state index in [2.05, 4.69) is 11.4 Å². The molecule has 1 fully saturated rings. The quantitative estimate of drug-likeness (QED) is 0.745. The first-order valence-corrected chi connectivity index (χ1v) is 5.35. The van der Waals surface area contributed by atoms with Crippen LogP contribution in [0.4, 0.5) is 0 Å². The molecule has 3 heteroatoms. The van der Waals surface area contributed by atoms with Crippen molar-refractivity contribution in [2.45, 2.75) is 45.6 Å². The van der Waals surface area contributed by atoms with Crippen LogP contribution in [0.1, 0.15) is 39.5 Å². The summed E-state index contributed by atoms with van der Waals surface area (Å²) in [6.45, 7) is 3.81. The van der Waals surface area contributed by atoms with Gasteiger partial charge < -0.3 is 5.32 Å². The van der Waals surface area contributed by atoms with E-state index in [0.29, 0.717) is 6.04 Å². The lowest BCUT2D eigenvalue weighted by Gasteiger charge is -2.17. The van der Waals surface area contributed by atoms with Crippen molar-refractivity contribution in [2.24, 2.45) is 11.8 Å². The number of nitriles is 1. The summed E-state index contributed by atoms with van der Waals surface area (Å²) in [5, 5.41) is 11.8. The van der Waals surface area contributed by atoms with Crippen molar-refractivity contribution in [3.8, 4) is 6.07 Å². The van der Waals surface area contributed by atoms with Gasteiger partial charge in [-0.3, -0.25) is 4.79 Å². The minimum absolute atomic E-state index is 0.0885. The summed E-state index contributed by atoms with van der Waals surface area (Å²) in [7, 11) is 0. The number of rotatable bonds is 3. The second-order valence-electron chi connectivity index (χ2n) is 4.34. The molecule has 0 bridgehead atoms. The normalized spacial score (nSPS) is 19.3. The van der Waals surface area contributed by atoms with Gasteiger partial charge in [-0.1, -0.05) is 26.7 Å². The average molecular weight is 194 g/mol. The second kappa shape index (κ2) is 4.99. The first-order chi connectivity index (χ1) is 6.65. The molecule has 1 atom stereocenters. The van der Waals surface area contributed by atoms with Crippen molar-refractivity contribution < 1.29 is 4.79 Å². The first-order valence-electron chi connectivity index (χ1n) is 5.35. The third kappa shape index (κ3) is 2.73. The zero-order valence-electron chi connectivity index (χ0n) is 8.92. The smallest absolute Gasteiger partial charge is 0.237 e. The molecule has 3 nitrogen and oxygen atoms in total. The molecular formula is C11H18N2O. The van der Waals surface area contributed by atoms with Crippen molar-refractivity contribution in [1.82, 2.24) is 5.32 Å². The molecule has 1 N–H and O–H groups in total. The molecule has 0 heterocycles. The van der Waals surface area contributed by atoms with Crippen molar-refractivity contribution in [1.29, 1.82) is 5.26 Å². The van der Waals surface area contributed by atoms with E-state index in [0.717, 1.165) is 12.8 Å². The molecule has 1 aliphatic rings. The molecule has 1 rings (SSSR count). The summed E-state index contributed by atoms with van der Waals surface area (Å²) in [6.07, 6.45) is 4.54. The number of amides is 1. The Labute approximate surface area is 85.5 Å². The van der Waals surface area contributed by atoms with E-state index in [4.69, 9.17) is 5.26 Å². The van der Waals surface area contributed by atoms with Gasteiger partial charge in [0.2, 0.25) is 5.91 Å². The van der Waals surface area contributed by atoms with E-state index in [9.17, 15) is 4.79 Å². The minimum Gasteiger partial charge on any atom is -0.352 e. The van der Waals surface area contributed by atoms with E-state index in [-0.39, 0.29) is 11.8 Å². The van der Waals surface area contributed by atoms with Gasteiger partial charge in [0.15, 0.2) is 0 Å². The molecule has 78 valence electrons. The Hall–Kier alpha value is -1.04. The van der Waals surface area contributed by atoms with Gasteiger partial charge in [-0.15, -0.1) is 0 Å². The highest BCUT2D eigenvalue weighted by atomic mass is 16.1. The predicted molar refractivity (Wildman–Crippen MR) is 54.3 cm³/mol. The Morgan fingerprint density at radius 1 is 1.43 bits per heavy atom. The summed E-state index contributed by atoms with van der Waals surface area (Å²) in [5.74, 6) is -0.480. The van der Waals surface area contributed by atoms with Crippen molar-refractivity contribution >= 4 is 5.91 Å². The number of carbonyl (C=O) groups excluding carboxylic acids is 1. The van der Waals surface area contributed by atoms with Crippen LogP contribution in [-0.4, -0.2) is 11.9 Å². The summed E-state index contributed by atoms with van der Waals surface area (Å²) in [6, 6.07) is 2.38. The molecule has 0 radical (unpaired) electrons. The Bertz CT molecular complexity index is 236. The van der Waals surface area contributed by atoms with E-state index in [1.165, 1.54) is 12.8 Å². The number of nitrogens with zero attached hydrogens (tertiary/aromatic N) is 1. The zero-order chi connectivity index (χ0) is 10.6. The molecule has 1 amide bonds. The molecule has 0 aromatic rings. The molecule has 14 heavy (non-hydrogen) atoms. The van der Waals surface area contributed by atoms with Crippen LogP contribution in [-0.2, 0) is 4.79 Å². The van der Waals surface area contributed by atoms with Gasteiger partial charge in [-0.2, -0.15) is 5.26 Å². The molecule has 0 aromatic carbocycles. The maximum Gasteiger partial charge on any atom is 0.237 e. The van der Waals surface area contributed by atoms with Crippen LogP contribution < -0.4 is 5.32 Å². The summed E-state index contributed by atoms with van der Waals surface area (Å²) < 4.78 is 0. The standard InChI is InChI=1S/C11H18N2O/c1-8(2)10(7-12)11(14)13-9-5-3-4-6-9/h8-10H,3-6H2,1-2H3,(H,13,14). The fourth-order valence-corrected chi connectivity index (χ4v) is 1.87. The van der Waals surface area contributed by atoms with Crippen LogP contribution in [0.5, 0.6) is 0 Å². The highest BCUT2D eigenvalue weighted by molar-refractivity contribution is 5.81. The molecule has 1 saturated carbocycles. The van der Waals surface area contributed by atoms with Crippen LogP contribution in [0.15, 0.2) is 0 Å². The third-order valence-electron chi connectivity index (χ3n) is 2.79. The molecule has 0 aliphatic heterocycles. The van der Waals surface area contributed by atoms with Gasteiger partial charge in [-0.05, 0) is 18.8 Å². The van der Waals surface area contributed by atoms with Gasteiger partial charge >= 0.3 is 0 Å². The van der Waals surface area contributed by atoms with Crippen LogP contribution >= 0.6 is 0 Å². The van der Waals surface area contributed by atoms with Gasteiger partial charge in [-0.25, -0.2) is 0 Å². The molecule has 0 aromatic heterocycles. The van der Waals surface area contributed by atoms with Gasteiger partial charge in [0.1, 0.15) is 5.92 Å². The van der Waals surface area contributed by atoms with E-state index >= 15 is 0 Å². The lowest BCUT2D eigenvalue weighted by molar-refractivity contribution is -0.125. The van der Waals surface area contributed by atoms with Crippen LogP contribution in [0.2, 0.25) is 0 Å². The molecule has 0 spiro atoms. The minimum atomic E-state index is -0.490. The lowest BCUT2D eigenvalue weighted by atomic mass is 9.96. The molecule has 1 aliphatic carbocycles. The first kappa shape index (κ1) is 11.0. The Balaban J connectivity index is 2.43. The Morgan fingerprint density at radius 2 is 2.00 bits per heavy atom. The third-order valence-corrected chi connectivity index (χ3v) is 2.79. The highest BCUT2D eigenvalue weighted by Crippen LogP contribution is 2.19. The average Bonchev–Trinajstić information content (AvgIpc) is 2.57. The highest BCUT2D eigenvalue weighted by Gasteiger charge is 2.25. The number of nitrogens with one attached hydrogen (secondary N) is 1. The monoisotopic (exact) mass is 194 g/mol. The van der Waals surface area contributed by atoms with Crippen LogP contribution in [0, 0.1) is 23.2 Å². The maximum atomic E-state index is 11.6. The van der Waals surface area contributed by atoms with Gasteiger partial charge in [0.25, 0.3) is 0 Å². The maximum absolute atomic E-state index is 11.6. The Kier molecular flexibility index (Phi) is 3.94. The fraction of sp³-hybridized carbons (Fsp3) is 0.818. The Morgan fingerprint density at radius 3 is 2.43 bits per heavy atom. The molecule has 1 unspecified atom stereocenters. The fourth-order valence-electron chi connectivity index (χ4n) is 1.87. The SMILES string of the molecule is CC(C)C(C#N)C(=O)NC1CCCC1. The van der Waals surface area contributed by atoms with Gasteiger partial charge in [0, 0.05) is 6.04 Å². The second-order valence-corrected chi connectivity index (χ2v) is 4.34. The van der Waals surface area contributed by atoms with Crippen molar-refractivity contribution in [2.75, 3.05) is 0 Å². The lowest BCUT2D eigenvalue weighted by Crippen LogP contribution is -2.38. The molecular weight excluding hydrogens is 176 g/mol. The van der Waals surface area contributed by atoms with E-state index in [1.54, 1.807) is 0 Å². The topological polar surface area (TPSA) is 52.9 Å².